The molecule has 0 bridgehead atoms. The molecule has 0 aliphatic rings. The minimum Gasteiger partial charge on any atom is -0.497 e. The second-order valence-electron chi connectivity index (χ2n) is 5.40. The SMILES string of the molecule is C=C(C)C(=O)OOCCOc1ccc(C(=O)c2ccc(OC)cc2)cc1. The summed E-state index contributed by atoms with van der Waals surface area (Å²) >= 11 is 0. The van der Waals surface area contributed by atoms with Crippen LogP contribution in [0.1, 0.15) is 22.8 Å². The lowest BCUT2D eigenvalue weighted by Gasteiger charge is -2.07. The third kappa shape index (κ3) is 5.46. The molecule has 2 aromatic carbocycles. The van der Waals surface area contributed by atoms with Crippen molar-refractivity contribution >= 4 is 11.8 Å². The van der Waals surface area contributed by atoms with Gasteiger partial charge in [-0.2, -0.15) is 4.89 Å². The Morgan fingerprint density at radius 2 is 1.42 bits per heavy atom. The smallest absolute Gasteiger partial charge is 0.368 e. The summed E-state index contributed by atoms with van der Waals surface area (Å²) in [5.74, 6) is 0.563. The van der Waals surface area contributed by atoms with E-state index in [4.69, 9.17) is 14.4 Å². The predicted molar refractivity (Wildman–Crippen MR) is 95.2 cm³/mol. The average molecular weight is 356 g/mol. The van der Waals surface area contributed by atoms with E-state index in [1.165, 1.54) is 6.92 Å². The van der Waals surface area contributed by atoms with Gasteiger partial charge >= 0.3 is 5.97 Å². The van der Waals surface area contributed by atoms with Crippen LogP contribution in [0.4, 0.5) is 0 Å². The van der Waals surface area contributed by atoms with Gasteiger partial charge in [-0.15, -0.1) is 0 Å². The summed E-state index contributed by atoms with van der Waals surface area (Å²) in [6.45, 7) is 5.22. The van der Waals surface area contributed by atoms with Crippen molar-refractivity contribution in [2.75, 3.05) is 20.3 Å². The van der Waals surface area contributed by atoms with Crippen LogP contribution in [0.2, 0.25) is 0 Å². The number of carbonyl (C=O) groups is 2. The first-order valence-electron chi connectivity index (χ1n) is 7.92. The summed E-state index contributed by atoms with van der Waals surface area (Å²) in [5, 5.41) is 0. The average Bonchev–Trinajstić information content (AvgIpc) is 2.67. The summed E-state index contributed by atoms with van der Waals surface area (Å²) in [6.07, 6.45) is 0. The van der Waals surface area contributed by atoms with Crippen LogP contribution in [-0.4, -0.2) is 32.1 Å². The fourth-order valence-corrected chi connectivity index (χ4v) is 1.97. The Kier molecular flexibility index (Phi) is 6.93. The molecular formula is C20H20O6. The molecule has 2 rings (SSSR count). The van der Waals surface area contributed by atoms with Crippen molar-refractivity contribution in [3.63, 3.8) is 0 Å². The third-order valence-corrected chi connectivity index (χ3v) is 3.39. The molecule has 6 nitrogen and oxygen atoms in total. The lowest BCUT2D eigenvalue weighted by atomic mass is 10.0. The van der Waals surface area contributed by atoms with Gasteiger partial charge in [0.25, 0.3) is 0 Å². The van der Waals surface area contributed by atoms with Gasteiger partial charge < -0.3 is 9.47 Å². The molecule has 0 aliphatic heterocycles. The van der Waals surface area contributed by atoms with Crippen molar-refractivity contribution in [1.82, 2.24) is 0 Å². The van der Waals surface area contributed by atoms with E-state index in [2.05, 4.69) is 11.5 Å². The van der Waals surface area contributed by atoms with Gasteiger partial charge in [0.15, 0.2) is 5.78 Å². The number of ketones is 1. The predicted octanol–water partition coefficient (Wildman–Crippen LogP) is 3.36. The molecule has 0 N–H and O–H groups in total. The summed E-state index contributed by atoms with van der Waals surface area (Å²) < 4.78 is 10.5. The molecule has 0 heterocycles. The standard InChI is InChI=1S/C20H20O6/c1-14(2)20(22)26-25-13-12-24-18-10-6-16(7-11-18)19(21)15-4-8-17(23-3)9-5-15/h4-11H,1,12-13H2,2-3H3. The first-order valence-corrected chi connectivity index (χ1v) is 7.92. The highest BCUT2D eigenvalue weighted by atomic mass is 17.2. The van der Waals surface area contributed by atoms with Crippen molar-refractivity contribution < 1.29 is 28.8 Å². The zero-order valence-electron chi connectivity index (χ0n) is 14.7. The van der Waals surface area contributed by atoms with Gasteiger partial charge in [-0.25, -0.2) is 4.79 Å². The molecular weight excluding hydrogens is 336 g/mol. The Bertz CT molecular complexity index is 762. The van der Waals surface area contributed by atoms with Crippen molar-refractivity contribution in [2.45, 2.75) is 6.92 Å². The summed E-state index contributed by atoms with van der Waals surface area (Å²) in [5.41, 5.74) is 1.38. The Morgan fingerprint density at radius 3 is 1.92 bits per heavy atom. The molecule has 0 atom stereocenters. The molecule has 0 radical (unpaired) electrons. The fraction of sp³-hybridized carbons (Fsp3) is 0.200. The van der Waals surface area contributed by atoms with Crippen LogP contribution in [0.3, 0.4) is 0 Å². The Balaban J connectivity index is 1.82. The number of methoxy groups -OCH3 is 1. The second-order valence-corrected chi connectivity index (χ2v) is 5.40. The summed E-state index contributed by atoms with van der Waals surface area (Å²) in [6, 6.07) is 13.7. The molecule has 0 spiro atoms. The van der Waals surface area contributed by atoms with Crippen molar-refractivity contribution in [3.8, 4) is 11.5 Å². The van der Waals surface area contributed by atoms with Gasteiger partial charge in [0.05, 0.1) is 7.11 Å². The van der Waals surface area contributed by atoms with Gasteiger partial charge in [-0.05, 0) is 55.5 Å². The molecule has 0 saturated heterocycles. The number of hydrogen-bond acceptors (Lipinski definition) is 6. The normalized spacial score (nSPS) is 10.1. The minimum absolute atomic E-state index is 0.0750. The molecule has 0 fully saturated rings. The molecule has 0 saturated carbocycles. The van der Waals surface area contributed by atoms with E-state index in [1.807, 2.05) is 0 Å². The van der Waals surface area contributed by atoms with E-state index in [0.717, 1.165) is 0 Å². The first-order chi connectivity index (χ1) is 12.5. The monoisotopic (exact) mass is 356 g/mol. The summed E-state index contributed by atoms with van der Waals surface area (Å²) in [4.78, 5) is 32.7. The molecule has 2 aromatic rings. The van der Waals surface area contributed by atoms with Gasteiger partial charge in [-0.1, -0.05) is 6.58 Å². The van der Waals surface area contributed by atoms with Crippen LogP contribution in [-0.2, 0) is 14.6 Å². The van der Waals surface area contributed by atoms with Crippen LogP contribution >= 0.6 is 0 Å². The lowest BCUT2D eigenvalue weighted by Crippen LogP contribution is -2.11. The lowest BCUT2D eigenvalue weighted by molar-refractivity contribution is -0.270. The van der Waals surface area contributed by atoms with Gasteiger partial charge in [0.1, 0.15) is 24.7 Å². The van der Waals surface area contributed by atoms with E-state index >= 15 is 0 Å². The quantitative estimate of drug-likeness (QED) is 0.226. The van der Waals surface area contributed by atoms with Crippen LogP contribution in [0.5, 0.6) is 11.5 Å². The Labute approximate surface area is 151 Å². The largest absolute Gasteiger partial charge is 0.497 e. The molecule has 0 unspecified atom stereocenters. The minimum atomic E-state index is -0.619. The molecule has 26 heavy (non-hydrogen) atoms. The molecule has 0 aromatic heterocycles. The van der Waals surface area contributed by atoms with Crippen LogP contribution in [0.15, 0.2) is 60.7 Å². The molecule has 136 valence electrons. The van der Waals surface area contributed by atoms with Crippen LogP contribution in [0, 0.1) is 0 Å². The molecule has 0 aliphatic carbocycles. The highest BCUT2D eigenvalue weighted by molar-refractivity contribution is 6.09. The number of carbonyl (C=O) groups excluding carboxylic acids is 2. The summed E-state index contributed by atoms with van der Waals surface area (Å²) in [7, 11) is 1.57. The van der Waals surface area contributed by atoms with Gasteiger partial charge in [0.2, 0.25) is 0 Å². The zero-order valence-corrected chi connectivity index (χ0v) is 14.7. The van der Waals surface area contributed by atoms with Crippen LogP contribution in [0.25, 0.3) is 0 Å². The Morgan fingerprint density at radius 1 is 0.885 bits per heavy atom. The molecule has 6 heteroatoms. The molecule has 0 amide bonds. The first kappa shape index (κ1) is 19.2. The third-order valence-electron chi connectivity index (χ3n) is 3.39. The highest BCUT2D eigenvalue weighted by Gasteiger charge is 2.09. The number of rotatable bonds is 9. The zero-order chi connectivity index (χ0) is 18.9. The fourth-order valence-electron chi connectivity index (χ4n) is 1.97. The number of benzene rings is 2. The van der Waals surface area contributed by atoms with Crippen LogP contribution < -0.4 is 9.47 Å². The Hall–Kier alpha value is -3.12. The van der Waals surface area contributed by atoms with E-state index in [0.29, 0.717) is 22.6 Å². The highest BCUT2D eigenvalue weighted by Crippen LogP contribution is 2.17. The number of ether oxygens (including phenoxy) is 2. The number of hydrogen-bond donors (Lipinski definition) is 0. The second kappa shape index (κ2) is 9.39. The van der Waals surface area contributed by atoms with E-state index < -0.39 is 5.97 Å². The van der Waals surface area contributed by atoms with Gasteiger partial charge in [0, 0.05) is 16.7 Å². The van der Waals surface area contributed by atoms with E-state index in [-0.39, 0.29) is 24.6 Å². The van der Waals surface area contributed by atoms with Crippen molar-refractivity contribution in [2.24, 2.45) is 0 Å². The topological polar surface area (TPSA) is 71.1 Å². The maximum atomic E-state index is 12.4. The van der Waals surface area contributed by atoms with Crippen molar-refractivity contribution in [3.05, 3.63) is 71.8 Å². The van der Waals surface area contributed by atoms with Crippen molar-refractivity contribution in [1.29, 1.82) is 0 Å². The van der Waals surface area contributed by atoms with Gasteiger partial charge in [-0.3, -0.25) is 9.68 Å². The maximum absolute atomic E-state index is 12.4. The van der Waals surface area contributed by atoms with E-state index in [1.54, 1.807) is 55.6 Å². The maximum Gasteiger partial charge on any atom is 0.368 e. The van der Waals surface area contributed by atoms with E-state index in [9.17, 15) is 9.59 Å².